The second-order valence-electron chi connectivity index (χ2n) is 4.99. The Morgan fingerprint density at radius 1 is 1.00 bits per heavy atom. The van der Waals surface area contributed by atoms with E-state index in [-0.39, 0.29) is 0 Å². The molecule has 1 aromatic carbocycles. The number of ether oxygens (including phenoxy) is 1. The van der Waals surface area contributed by atoms with Crippen molar-refractivity contribution in [3.8, 4) is 5.69 Å². The Hall–Kier alpha value is -2.47. The van der Waals surface area contributed by atoms with Gasteiger partial charge in [0.2, 0.25) is 0 Å². The summed E-state index contributed by atoms with van der Waals surface area (Å²) in [7, 11) is 0. The molecule has 0 atom stereocenters. The third kappa shape index (κ3) is 2.23. The Bertz CT molecular complexity index is 763. The molecule has 2 aromatic heterocycles. The van der Waals surface area contributed by atoms with E-state index < -0.39 is 0 Å². The van der Waals surface area contributed by atoms with Gasteiger partial charge in [0.1, 0.15) is 5.52 Å². The van der Waals surface area contributed by atoms with Crippen molar-refractivity contribution >= 4 is 16.7 Å². The number of rotatable bonds is 2. The molecule has 0 N–H and O–H groups in total. The molecule has 1 fully saturated rings. The lowest BCUT2D eigenvalue weighted by molar-refractivity contribution is 0.122. The number of aromatic nitrogens is 4. The molecule has 6 nitrogen and oxygen atoms in total. The van der Waals surface area contributed by atoms with Crippen LogP contribution in [-0.2, 0) is 4.74 Å². The van der Waals surface area contributed by atoms with E-state index in [2.05, 4.69) is 26.3 Å². The average Bonchev–Trinajstić information content (AvgIpc) is 3.00. The summed E-state index contributed by atoms with van der Waals surface area (Å²) in [4.78, 5) is 6.63. The van der Waals surface area contributed by atoms with Gasteiger partial charge in [-0.25, -0.2) is 4.68 Å². The van der Waals surface area contributed by atoms with Crippen molar-refractivity contribution < 1.29 is 4.74 Å². The van der Waals surface area contributed by atoms with Crippen molar-refractivity contribution in [1.82, 2.24) is 20.0 Å². The standard InChI is InChI=1S/C15H15N5O/c1-2-4-15-14(3-1)17-18-20(15)13-9-12(10-16-11-13)19-5-7-21-8-6-19/h1-4,9-11H,5-8H2. The minimum atomic E-state index is 0.760. The Balaban J connectivity index is 1.75. The Morgan fingerprint density at radius 2 is 1.81 bits per heavy atom. The van der Waals surface area contributed by atoms with Crippen LogP contribution in [-0.4, -0.2) is 46.3 Å². The first-order chi connectivity index (χ1) is 10.4. The lowest BCUT2D eigenvalue weighted by Gasteiger charge is -2.28. The lowest BCUT2D eigenvalue weighted by atomic mass is 10.3. The van der Waals surface area contributed by atoms with E-state index in [4.69, 9.17) is 4.74 Å². The summed E-state index contributed by atoms with van der Waals surface area (Å²) in [6, 6.07) is 10.0. The van der Waals surface area contributed by atoms with Crippen LogP contribution in [0.4, 0.5) is 5.69 Å². The number of benzene rings is 1. The third-order valence-corrected chi connectivity index (χ3v) is 3.68. The zero-order valence-electron chi connectivity index (χ0n) is 11.5. The van der Waals surface area contributed by atoms with Gasteiger partial charge in [0.15, 0.2) is 0 Å². The van der Waals surface area contributed by atoms with Crippen LogP contribution < -0.4 is 4.90 Å². The molecule has 3 heterocycles. The van der Waals surface area contributed by atoms with Crippen LogP contribution >= 0.6 is 0 Å². The summed E-state index contributed by atoms with van der Waals surface area (Å²) in [6.07, 6.45) is 3.69. The number of nitrogens with zero attached hydrogens (tertiary/aromatic N) is 5. The van der Waals surface area contributed by atoms with Crippen LogP contribution in [0.25, 0.3) is 16.7 Å². The molecule has 4 rings (SSSR count). The molecule has 0 radical (unpaired) electrons. The predicted molar refractivity (Wildman–Crippen MR) is 79.7 cm³/mol. The van der Waals surface area contributed by atoms with Gasteiger partial charge in [-0.1, -0.05) is 17.3 Å². The molecule has 0 bridgehead atoms. The molecule has 1 aliphatic heterocycles. The highest BCUT2D eigenvalue weighted by molar-refractivity contribution is 5.76. The summed E-state index contributed by atoms with van der Waals surface area (Å²) < 4.78 is 7.22. The van der Waals surface area contributed by atoms with Gasteiger partial charge in [0.25, 0.3) is 0 Å². The molecular formula is C15H15N5O. The van der Waals surface area contributed by atoms with Gasteiger partial charge in [-0.15, -0.1) is 5.10 Å². The van der Waals surface area contributed by atoms with Crippen molar-refractivity contribution in [3.05, 3.63) is 42.7 Å². The monoisotopic (exact) mass is 281 g/mol. The van der Waals surface area contributed by atoms with E-state index in [9.17, 15) is 0 Å². The van der Waals surface area contributed by atoms with Gasteiger partial charge in [-0.05, 0) is 18.2 Å². The van der Waals surface area contributed by atoms with Gasteiger partial charge >= 0.3 is 0 Å². The van der Waals surface area contributed by atoms with Crippen molar-refractivity contribution in [3.63, 3.8) is 0 Å². The summed E-state index contributed by atoms with van der Waals surface area (Å²) in [5.41, 5.74) is 3.88. The maximum absolute atomic E-state index is 5.39. The molecular weight excluding hydrogens is 266 g/mol. The largest absolute Gasteiger partial charge is 0.378 e. The summed E-state index contributed by atoms with van der Waals surface area (Å²) in [5.74, 6) is 0. The molecule has 1 saturated heterocycles. The van der Waals surface area contributed by atoms with Crippen LogP contribution in [0.3, 0.4) is 0 Å². The molecule has 0 aliphatic carbocycles. The first kappa shape index (κ1) is 12.3. The van der Waals surface area contributed by atoms with Crippen molar-refractivity contribution in [2.75, 3.05) is 31.2 Å². The fourth-order valence-electron chi connectivity index (χ4n) is 2.59. The van der Waals surface area contributed by atoms with Gasteiger partial charge in [-0.3, -0.25) is 4.98 Å². The van der Waals surface area contributed by atoms with Crippen molar-refractivity contribution in [2.24, 2.45) is 0 Å². The van der Waals surface area contributed by atoms with E-state index in [0.717, 1.165) is 48.7 Å². The number of morpholine rings is 1. The van der Waals surface area contributed by atoms with Crippen LogP contribution in [0, 0.1) is 0 Å². The summed E-state index contributed by atoms with van der Waals surface area (Å²) >= 11 is 0. The average molecular weight is 281 g/mol. The highest BCUT2D eigenvalue weighted by Gasteiger charge is 2.13. The Morgan fingerprint density at radius 3 is 2.71 bits per heavy atom. The lowest BCUT2D eigenvalue weighted by Crippen LogP contribution is -2.36. The molecule has 0 amide bonds. The third-order valence-electron chi connectivity index (χ3n) is 3.68. The predicted octanol–water partition coefficient (Wildman–Crippen LogP) is 1.65. The maximum Gasteiger partial charge on any atom is 0.113 e. The molecule has 0 saturated carbocycles. The number of pyridine rings is 1. The quantitative estimate of drug-likeness (QED) is 0.715. The molecule has 3 aromatic rings. The molecule has 21 heavy (non-hydrogen) atoms. The highest BCUT2D eigenvalue weighted by Crippen LogP contribution is 2.20. The van der Waals surface area contributed by atoms with Crippen LogP contribution in [0.2, 0.25) is 0 Å². The molecule has 0 spiro atoms. The maximum atomic E-state index is 5.39. The number of hydrogen-bond acceptors (Lipinski definition) is 5. The number of fused-ring (bicyclic) bond motifs is 1. The minimum Gasteiger partial charge on any atom is -0.378 e. The zero-order valence-corrected chi connectivity index (χ0v) is 11.5. The van der Waals surface area contributed by atoms with E-state index >= 15 is 0 Å². The molecule has 6 heteroatoms. The smallest absolute Gasteiger partial charge is 0.113 e. The number of hydrogen-bond donors (Lipinski definition) is 0. The zero-order chi connectivity index (χ0) is 14.1. The normalized spacial score (nSPS) is 15.5. The number of anilines is 1. The number of para-hydroxylation sites is 1. The first-order valence-corrected chi connectivity index (χ1v) is 7.00. The topological polar surface area (TPSA) is 56.1 Å². The molecule has 0 unspecified atom stereocenters. The van der Waals surface area contributed by atoms with E-state index in [0.29, 0.717) is 0 Å². The van der Waals surface area contributed by atoms with Gasteiger partial charge in [-0.2, -0.15) is 0 Å². The van der Waals surface area contributed by atoms with E-state index in [1.54, 1.807) is 0 Å². The van der Waals surface area contributed by atoms with Crippen LogP contribution in [0.5, 0.6) is 0 Å². The second kappa shape index (κ2) is 5.14. The minimum absolute atomic E-state index is 0.760. The summed E-state index contributed by atoms with van der Waals surface area (Å²) in [6.45, 7) is 3.31. The Labute approximate surface area is 122 Å². The molecule has 106 valence electrons. The first-order valence-electron chi connectivity index (χ1n) is 7.00. The Kier molecular flexibility index (Phi) is 3.01. The van der Waals surface area contributed by atoms with Gasteiger partial charge < -0.3 is 9.64 Å². The van der Waals surface area contributed by atoms with Crippen LogP contribution in [0.1, 0.15) is 0 Å². The molecule has 1 aliphatic rings. The fourth-order valence-corrected chi connectivity index (χ4v) is 2.59. The van der Waals surface area contributed by atoms with E-state index in [1.807, 2.05) is 41.3 Å². The van der Waals surface area contributed by atoms with Gasteiger partial charge in [0.05, 0.1) is 42.5 Å². The summed E-state index contributed by atoms with van der Waals surface area (Å²) in [5, 5.41) is 8.42. The van der Waals surface area contributed by atoms with E-state index in [1.165, 1.54) is 0 Å². The fraction of sp³-hybridized carbons (Fsp3) is 0.267. The van der Waals surface area contributed by atoms with Crippen LogP contribution in [0.15, 0.2) is 42.7 Å². The second-order valence-corrected chi connectivity index (χ2v) is 4.99. The highest BCUT2D eigenvalue weighted by atomic mass is 16.5. The van der Waals surface area contributed by atoms with Gasteiger partial charge in [0, 0.05) is 13.1 Å². The van der Waals surface area contributed by atoms with Crippen molar-refractivity contribution in [1.29, 1.82) is 0 Å². The SMILES string of the molecule is c1ccc2c(c1)nnn2-c1cncc(N2CCOCC2)c1. The van der Waals surface area contributed by atoms with Crippen molar-refractivity contribution in [2.45, 2.75) is 0 Å².